The number of anilines is 1. The van der Waals surface area contributed by atoms with Crippen LogP contribution in [0.1, 0.15) is 0 Å². The number of amides is 1. The summed E-state index contributed by atoms with van der Waals surface area (Å²) in [6.45, 7) is 3.42. The van der Waals surface area contributed by atoms with Crippen LogP contribution in [0.3, 0.4) is 0 Å². The molecule has 20 heavy (non-hydrogen) atoms. The minimum Gasteiger partial charge on any atom is -0.346 e. The lowest BCUT2D eigenvalue weighted by Gasteiger charge is -2.05. The molecule has 0 aliphatic carbocycles. The van der Waals surface area contributed by atoms with Crippen LogP contribution in [0, 0.1) is 0 Å². The van der Waals surface area contributed by atoms with Gasteiger partial charge in [-0.05, 0) is 24.3 Å². The number of nitrogens with one attached hydrogen (secondary N) is 2. The molecule has 3 rings (SSSR count). The van der Waals surface area contributed by atoms with Gasteiger partial charge in [0.2, 0.25) is 5.91 Å². The maximum Gasteiger partial charge on any atom is 0.247 e. The van der Waals surface area contributed by atoms with Crippen LogP contribution in [0.5, 0.6) is 0 Å². The summed E-state index contributed by atoms with van der Waals surface area (Å²) in [7, 11) is 0. The topological polar surface area (TPSA) is 70.7 Å². The first-order valence-corrected chi connectivity index (χ1v) is 6.10. The maximum absolute atomic E-state index is 11.2. The normalized spacial score (nSPS) is 10.4. The lowest BCUT2D eigenvalue weighted by atomic mass is 10.1. The standard InChI is InChI=1S/C15H12N4O/c1-2-13(20)19-11-5-3-10(4-6-11)14-12-7-8-16-15(12)18-9-17-14/h2-9H,1H2,(H,19,20)(H,16,17,18). The molecule has 0 bridgehead atoms. The minimum atomic E-state index is -0.229. The highest BCUT2D eigenvalue weighted by molar-refractivity contribution is 5.99. The van der Waals surface area contributed by atoms with E-state index in [9.17, 15) is 4.79 Å². The summed E-state index contributed by atoms with van der Waals surface area (Å²) in [6, 6.07) is 9.42. The number of hydrogen-bond acceptors (Lipinski definition) is 3. The molecule has 0 fully saturated rings. The molecule has 5 heteroatoms. The Hall–Kier alpha value is -2.95. The van der Waals surface area contributed by atoms with Crippen LogP contribution in [0.25, 0.3) is 22.3 Å². The van der Waals surface area contributed by atoms with Crippen molar-refractivity contribution in [3.63, 3.8) is 0 Å². The summed E-state index contributed by atoms with van der Waals surface area (Å²) in [5.74, 6) is -0.229. The molecule has 0 atom stereocenters. The van der Waals surface area contributed by atoms with Crippen LogP contribution < -0.4 is 5.32 Å². The number of rotatable bonds is 3. The number of carbonyl (C=O) groups excluding carboxylic acids is 1. The van der Waals surface area contributed by atoms with Gasteiger partial charge in [0.05, 0.1) is 5.69 Å². The minimum absolute atomic E-state index is 0.229. The molecule has 3 aromatic rings. The molecule has 98 valence electrons. The van der Waals surface area contributed by atoms with E-state index in [4.69, 9.17) is 0 Å². The fourth-order valence-corrected chi connectivity index (χ4v) is 2.01. The Morgan fingerprint density at radius 2 is 2.00 bits per heavy atom. The van der Waals surface area contributed by atoms with Crippen molar-refractivity contribution in [1.29, 1.82) is 0 Å². The van der Waals surface area contributed by atoms with Crippen molar-refractivity contribution in [2.75, 3.05) is 5.32 Å². The van der Waals surface area contributed by atoms with Crippen molar-refractivity contribution in [2.45, 2.75) is 0 Å². The lowest BCUT2D eigenvalue weighted by molar-refractivity contribution is -0.111. The average Bonchev–Trinajstić information content (AvgIpc) is 2.96. The predicted octanol–water partition coefficient (Wildman–Crippen LogP) is 2.75. The molecule has 5 nitrogen and oxygen atoms in total. The molecule has 2 aromatic heterocycles. The highest BCUT2D eigenvalue weighted by atomic mass is 16.1. The van der Waals surface area contributed by atoms with Crippen molar-refractivity contribution in [3.05, 3.63) is 55.5 Å². The van der Waals surface area contributed by atoms with E-state index in [0.29, 0.717) is 0 Å². The first-order valence-electron chi connectivity index (χ1n) is 6.10. The number of hydrogen-bond donors (Lipinski definition) is 2. The summed E-state index contributed by atoms with van der Waals surface area (Å²) in [6.07, 6.45) is 4.60. The zero-order valence-corrected chi connectivity index (χ0v) is 10.6. The van der Waals surface area contributed by atoms with E-state index in [1.54, 1.807) is 0 Å². The molecule has 1 amide bonds. The predicted molar refractivity (Wildman–Crippen MR) is 78.2 cm³/mol. The Labute approximate surface area is 115 Å². The number of aromatic amines is 1. The number of fused-ring (bicyclic) bond motifs is 1. The maximum atomic E-state index is 11.2. The number of carbonyl (C=O) groups is 1. The van der Waals surface area contributed by atoms with E-state index in [0.717, 1.165) is 28.0 Å². The molecular formula is C15H12N4O. The molecular weight excluding hydrogens is 252 g/mol. The molecule has 0 saturated heterocycles. The van der Waals surface area contributed by atoms with Gasteiger partial charge in [0.1, 0.15) is 12.0 Å². The molecule has 0 aliphatic heterocycles. The van der Waals surface area contributed by atoms with Crippen LogP contribution in [0.4, 0.5) is 5.69 Å². The Kier molecular flexibility index (Phi) is 3.01. The second-order valence-corrected chi connectivity index (χ2v) is 4.23. The molecule has 0 radical (unpaired) electrons. The molecule has 2 heterocycles. The molecule has 1 aromatic carbocycles. The van der Waals surface area contributed by atoms with Gasteiger partial charge in [0, 0.05) is 22.8 Å². The fraction of sp³-hybridized carbons (Fsp3) is 0. The summed E-state index contributed by atoms with van der Waals surface area (Å²) < 4.78 is 0. The Balaban J connectivity index is 1.97. The lowest BCUT2D eigenvalue weighted by Crippen LogP contribution is -2.06. The van der Waals surface area contributed by atoms with E-state index in [2.05, 4.69) is 26.8 Å². The van der Waals surface area contributed by atoms with Crippen molar-refractivity contribution < 1.29 is 4.79 Å². The van der Waals surface area contributed by atoms with E-state index in [1.165, 1.54) is 12.4 Å². The van der Waals surface area contributed by atoms with Crippen molar-refractivity contribution in [1.82, 2.24) is 15.0 Å². The van der Waals surface area contributed by atoms with Crippen molar-refractivity contribution in [2.24, 2.45) is 0 Å². The zero-order valence-electron chi connectivity index (χ0n) is 10.6. The SMILES string of the molecule is C=CC(=O)Nc1ccc(-c2ncnc3[nH]ccc23)cc1. The smallest absolute Gasteiger partial charge is 0.247 e. The van der Waals surface area contributed by atoms with Gasteiger partial charge in [-0.3, -0.25) is 4.79 Å². The monoisotopic (exact) mass is 264 g/mol. The number of nitrogens with zero attached hydrogens (tertiary/aromatic N) is 2. The van der Waals surface area contributed by atoms with Gasteiger partial charge in [-0.2, -0.15) is 0 Å². The highest BCUT2D eigenvalue weighted by Crippen LogP contribution is 2.25. The molecule has 0 saturated carbocycles. The zero-order chi connectivity index (χ0) is 13.9. The van der Waals surface area contributed by atoms with Gasteiger partial charge in [-0.15, -0.1) is 0 Å². The third-order valence-electron chi connectivity index (χ3n) is 2.97. The summed E-state index contributed by atoms with van der Waals surface area (Å²) in [4.78, 5) is 22.8. The summed E-state index contributed by atoms with van der Waals surface area (Å²) >= 11 is 0. The number of benzene rings is 1. The first kappa shape index (κ1) is 12.1. The van der Waals surface area contributed by atoms with Crippen LogP contribution >= 0.6 is 0 Å². The second kappa shape index (κ2) is 4.97. The van der Waals surface area contributed by atoms with Gasteiger partial charge in [-0.25, -0.2) is 9.97 Å². The summed E-state index contributed by atoms with van der Waals surface area (Å²) in [5, 5.41) is 3.67. The van der Waals surface area contributed by atoms with E-state index in [-0.39, 0.29) is 5.91 Å². The fourth-order valence-electron chi connectivity index (χ4n) is 2.01. The van der Waals surface area contributed by atoms with Gasteiger partial charge < -0.3 is 10.3 Å². The van der Waals surface area contributed by atoms with Gasteiger partial charge in [0.15, 0.2) is 0 Å². The van der Waals surface area contributed by atoms with Crippen LogP contribution in [-0.4, -0.2) is 20.9 Å². The Bertz CT molecular complexity index is 774. The third kappa shape index (κ3) is 2.16. The molecule has 0 aliphatic rings. The average molecular weight is 264 g/mol. The van der Waals surface area contributed by atoms with Crippen molar-refractivity contribution >= 4 is 22.6 Å². The van der Waals surface area contributed by atoms with Crippen LogP contribution in [0.15, 0.2) is 55.5 Å². The van der Waals surface area contributed by atoms with Crippen LogP contribution in [0.2, 0.25) is 0 Å². The van der Waals surface area contributed by atoms with Crippen molar-refractivity contribution in [3.8, 4) is 11.3 Å². The second-order valence-electron chi connectivity index (χ2n) is 4.23. The van der Waals surface area contributed by atoms with E-state index in [1.807, 2.05) is 36.5 Å². The number of aromatic nitrogens is 3. The van der Waals surface area contributed by atoms with Gasteiger partial charge in [0.25, 0.3) is 0 Å². The van der Waals surface area contributed by atoms with E-state index < -0.39 is 0 Å². The highest BCUT2D eigenvalue weighted by Gasteiger charge is 2.07. The first-order chi connectivity index (χ1) is 9.78. The third-order valence-corrected chi connectivity index (χ3v) is 2.97. The molecule has 0 unspecified atom stereocenters. The largest absolute Gasteiger partial charge is 0.346 e. The molecule has 0 spiro atoms. The Morgan fingerprint density at radius 3 is 2.75 bits per heavy atom. The van der Waals surface area contributed by atoms with Gasteiger partial charge >= 0.3 is 0 Å². The number of H-pyrrole nitrogens is 1. The quantitative estimate of drug-likeness (QED) is 0.714. The van der Waals surface area contributed by atoms with Gasteiger partial charge in [-0.1, -0.05) is 18.7 Å². The summed E-state index contributed by atoms with van der Waals surface area (Å²) in [5.41, 5.74) is 3.35. The molecule has 2 N–H and O–H groups in total. The van der Waals surface area contributed by atoms with Crippen LogP contribution in [-0.2, 0) is 4.79 Å². The Morgan fingerprint density at radius 1 is 1.20 bits per heavy atom. The van der Waals surface area contributed by atoms with E-state index >= 15 is 0 Å².